The fourth-order valence-corrected chi connectivity index (χ4v) is 3.66. The summed E-state index contributed by atoms with van der Waals surface area (Å²) in [6.07, 6.45) is 0.227. The molecule has 3 rings (SSSR count). The zero-order valence-corrected chi connectivity index (χ0v) is 19.7. The summed E-state index contributed by atoms with van der Waals surface area (Å²) in [5, 5.41) is 2.89. The van der Waals surface area contributed by atoms with E-state index in [1.54, 1.807) is 39.3 Å². The molecule has 0 spiro atoms. The van der Waals surface area contributed by atoms with Crippen LogP contribution in [-0.2, 0) is 16.1 Å². The van der Waals surface area contributed by atoms with E-state index in [0.29, 0.717) is 35.9 Å². The first-order chi connectivity index (χ1) is 15.9. The second-order valence-electron chi connectivity index (χ2n) is 7.63. The van der Waals surface area contributed by atoms with Crippen molar-refractivity contribution in [3.05, 3.63) is 65.4 Å². The van der Waals surface area contributed by atoms with Gasteiger partial charge in [-0.05, 0) is 44.5 Å². The zero-order valence-electron chi connectivity index (χ0n) is 19.7. The van der Waals surface area contributed by atoms with Gasteiger partial charge in [0.15, 0.2) is 11.5 Å². The fourth-order valence-electron chi connectivity index (χ4n) is 3.66. The molecule has 1 amide bonds. The number of esters is 1. The highest BCUT2D eigenvalue weighted by Crippen LogP contribution is 2.30. The van der Waals surface area contributed by atoms with Gasteiger partial charge in [0, 0.05) is 36.1 Å². The van der Waals surface area contributed by atoms with Crippen LogP contribution < -0.4 is 14.8 Å². The fraction of sp³-hybridized carbons (Fsp3) is 0.308. The number of rotatable bonds is 9. The van der Waals surface area contributed by atoms with Crippen molar-refractivity contribution in [2.24, 2.45) is 0 Å². The summed E-state index contributed by atoms with van der Waals surface area (Å²) in [6.45, 7) is 6.39. The van der Waals surface area contributed by atoms with E-state index in [9.17, 15) is 9.59 Å². The summed E-state index contributed by atoms with van der Waals surface area (Å²) >= 11 is 0. The van der Waals surface area contributed by atoms with Crippen LogP contribution in [0.3, 0.4) is 0 Å². The third-order valence-electron chi connectivity index (χ3n) is 5.44. The smallest absolute Gasteiger partial charge is 0.339 e. The molecule has 0 radical (unpaired) electrons. The number of carbonyl (C=O) groups is 2. The van der Waals surface area contributed by atoms with Crippen LogP contribution in [0.25, 0.3) is 11.3 Å². The van der Waals surface area contributed by atoms with E-state index in [0.717, 1.165) is 22.5 Å². The Morgan fingerprint density at radius 2 is 1.64 bits per heavy atom. The maximum atomic E-state index is 12.7. The number of methoxy groups -OCH3 is 2. The van der Waals surface area contributed by atoms with Crippen molar-refractivity contribution >= 4 is 17.6 Å². The number of anilines is 1. The molecule has 3 aromatic rings. The number of nitrogens with one attached hydrogen (secondary N) is 1. The van der Waals surface area contributed by atoms with Crippen molar-refractivity contribution in [1.29, 1.82) is 0 Å². The number of aryl methyl sites for hydroxylation is 1. The van der Waals surface area contributed by atoms with E-state index >= 15 is 0 Å². The highest BCUT2D eigenvalue weighted by atomic mass is 16.5. The molecule has 0 saturated heterocycles. The molecule has 0 saturated carbocycles. The van der Waals surface area contributed by atoms with E-state index in [1.807, 2.05) is 48.7 Å². The van der Waals surface area contributed by atoms with Crippen molar-refractivity contribution in [1.82, 2.24) is 4.57 Å². The molecule has 1 aromatic heterocycles. The number of aromatic nitrogens is 1. The van der Waals surface area contributed by atoms with Crippen LogP contribution in [0.4, 0.5) is 5.69 Å². The Labute approximate surface area is 194 Å². The topological polar surface area (TPSA) is 78.8 Å². The van der Waals surface area contributed by atoms with E-state index in [-0.39, 0.29) is 18.3 Å². The number of hydrogen-bond acceptors (Lipinski definition) is 5. The molecule has 1 heterocycles. The van der Waals surface area contributed by atoms with Gasteiger partial charge >= 0.3 is 5.97 Å². The monoisotopic (exact) mass is 450 g/mol. The second-order valence-corrected chi connectivity index (χ2v) is 7.63. The lowest BCUT2D eigenvalue weighted by Crippen LogP contribution is -2.16. The predicted molar refractivity (Wildman–Crippen MR) is 128 cm³/mol. The standard InChI is InChI=1S/C26H30N2O5/c1-6-33-26(30)21-16-22(19-9-7-17(2)8-10-19)28(18(21)3)14-13-25(29)27-20-11-12-23(31-4)24(15-20)32-5/h7-12,15-16H,6,13-14H2,1-5H3,(H,27,29). The molecular formula is C26H30N2O5. The van der Waals surface area contributed by atoms with Crippen molar-refractivity contribution < 1.29 is 23.8 Å². The number of benzene rings is 2. The van der Waals surface area contributed by atoms with Gasteiger partial charge in [-0.25, -0.2) is 4.79 Å². The van der Waals surface area contributed by atoms with Gasteiger partial charge in [-0.2, -0.15) is 0 Å². The van der Waals surface area contributed by atoms with Crippen molar-refractivity contribution in [3.63, 3.8) is 0 Å². The average Bonchev–Trinajstić information content (AvgIpc) is 3.14. The lowest BCUT2D eigenvalue weighted by atomic mass is 10.1. The Hall–Kier alpha value is -3.74. The summed E-state index contributed by atoms with van der Waals surface area (Å²) in [5.41, 5.74) is 4.88. The molecule has 0 fully saturated rings. The third kappa shape index (κ3) is 5.55. The van der Waals surface area contributed by atoms with E-state index < -0.39 is 0 Å². The van der Waals surface area contributed by atoms with Crippen molar-refractivity contribution in [2.45, 2.75) is 33.7 Å². The largest absolute Gasteiger partial charge is 0.493 e. The van der Waals surface area contributed by atoms with Crippen LogP contribution in [0, 0.1) is 13.8 Å². The first-order valence-corrected chi connectivity index (χ1v) is 10.8. The highest BCUT2D eigenvalue weighted by molar-refractivity contribution is 5.93. The minimum absolute atomic E-state index is 0.150. The summed E-state index contributed by atoms with van der Waals surface area (Å²) < 4.78 is 17.7. The first-order valence-electron chi connectivity index (χ1n) is 10.8. The molecule has 0 aliphatic carbocycles. The minimum Gasteiger partial charge on any atom is -0.493 e. The van der Waals surface area contributed by atoms with E-state index in [2.05, 4.69) is 5.32 Å². The van der Waals surface area contributed by atoms with E-state index in [4.69, 9.17) is 14.2 Å². The molecule has 174 valence electrons. The normalized spacial score (nSPS) is 10.6. The summed E-state index contributed by atoms with van der Waals surface area (Å²) in [4.78, 5) is 25.2. The molecule has 0 unspecified atom stereocenters. The lowest BCUT2D eigenvalue weighted by molar-refractivity contribution is -0.116. The van der Waals surface area contributed by atoms with Crippen LogP contribution in [0.2, 0.25) is 0 Å². The molecule has 0 aliphatic rings. The van der Waals surface area contributed by atoms with Gasteiger partial charge in [-0.1, -0.05) is 29.8 Å². The molecule has 0 bridgehead atoms. The average molecular weight is 451 g/mol. The number of ether oxygens (including phenoxy) is 3. The Morgan fingerprint density at radius 3 is 2.27 bits per heavy atom. The molecule has 2 aromatic carbocycles. The van der Waals surface area contributed by atoms with Gasteiger partial charge in [-0.15, -0.1) is 0 Å². The number of carbonyl (C=O) groups excluding carboxylic acids is 2. The minimum atomic E-state index is -0.364. The van der Waals surface area contributed by atoms with Gasteiger partial charge in [-0.3, -0.25) is 4.79 Å². The molecular weight excluding hydrogens is 420 g/mol. The molecule has 1 N–H and O–H groups in total. The van der Waals surface area contributed by atoms with Crippen LogP contribution in [-0.4, -0.2) is 37.3 Å². The predicted octanol–water partition coefficient (Wildman–Crippen LogP) is 4.99. The Bertz CT molecular complexity index is 1130. The Morgan fingerprint density at radius 1 is 0.939 bits per heavy atom. The van der Waals surface area contributed by atoms with Gasteiger partial charge in [0.05, 0.1) is 26.4 Å². The van der Waals surface area contributed by atoms with Crippen molar-refractivity contribution in [3.8, 4) is 22.8 Å². The molecule has 7 nitrogen and oxygen atoms in total. The van der Waals surface area contributed by atoms with Crippen LogP contribution in [0.5, 0.6) is 11.5 Å². The number of hydrogen-bond donors (Lipinski definition) is 1. The third-order valence-corrected chi connectivity index (χ3v) is 5.44. The second kappa shape index (κ2) is 10.7. The summed E-state index contributed by atoms with van der Waals surface area (Å²) in [6, 6.07) is 15.1. The number of nitrogens with zero attached hydrogens (tertiary/aromatic N) is 1. The van der Waals surface area contributed by atoms with Crippen LogP contribution >= 0.6 is 0 Å². The highest BCUT2D eigenvalue weighted by Gasteiger charge is 2.20. The summed E-state index contributed by atoms with van der Waals surface area (Å²) in [5.74, 6) is 0.616. The van der Waals surface area contributed by atoms with E-state index in [1.165, 1.54) is 0 Å². The van der Waals surface area contributed by atoms with Gasteiger partial charge in [0.1, 0.15) is 0 Å². The lowest BCUT2D eigenvalue weighted by Gasteiger charge is -2.13. The quantitative estimate of drug-likeness (QED) is 0.465. The maximum absolute atomic E-state index is 12.7. The van der Waals surface area contributed by atoms with Gasteiger partial charge < -0.3 is 24.1 Å². The first kappa shape index (κ1) is 23.9. The Balaban J connectivity index is 1.82. The SMILES string of the molecule is CCOC(=O)c1cc(-c2ccc(C)cc2)n(CCC(=O)Nc2ccc(OC)c(OC)c2)c1C. The van der Waals surface area contributed by atoms with Gasteiger partial charge in [0.25, 0.3) is 0 Å². The molecule has 7 heteroatoms. The molecule has 0 atom stereocenters. The maximum Gasteiger partial charge on any atom is 0.339 e. The van der Waals surface area contributed by atoms with Gasteiger partial charge in [0.2, 0.25) is 5.91 Å². The summed E-state index contributed by atoms with van der Waals surface area (Å²) in [7, 11) is 3.11. The zero-order chi connectivity index (χ0) is 24.0. The number of amides is 1. The Kier molecular flexibility index (Phi) is 7.77. The van der Waals surface area contributed by atoms with Crippen LogP contribution in [0.15, 0.2) is 48.5 Å². The molecule has 33 heavy (non-hydrogen) atoms. The van der Waals surface area contributed by atoms with Crippen LogP contribution in [0.1, 0.15) is 35.0 Å². The van der Waals surface area contributed by atoms with Crippen molar-refractivity contribution in [2.75, 3.05) is 26.1 Å². The molecule has 0 aliphatic heterocycles.